The Bertz CT molecular complexity index is 987. The summed E-state index contributed by atoms with van der Waals surface area (Å²) < 4.78 is 27.2. The van der Waals surface area contributed by atoms with Crippen LogP contribution in [0.25, 0.3) is 0 Å². The Hall–Kier alpha value is -1.89. The summed E-state index contributed by atoms with van der Waals surface area (Å²) >= 11 is 6.20. The first-order valence-corrected chi connectivity index (χ1v) is 12.1. The van der Waals surface area contributed by atoms with Crippen molar-refractivity contribution in [2.75, 3.05) is 18.4 Å². The van der Waals surface area contributed by atoms with E-state index in [4.69, 9.17) is 11.6 Å². The SMILES string of the molecule is CCN(CC)S(=O)(=O)c1cc(C(=O)Nc2c(C(C)C)cccc2C(C)C)ccc1Cl. The van der Waals surface area contributed by atoms with E-state index in [1.54, 1.807) is 19.9 Å². The van der Waals surface area contributed by atoms with Crippen molar-refractivity contribution in [3.8, 4) is 0 Å². The summed E-state index contributed by atoms with van der Waals surface area (Å²) in [6, 6.07) is 10.4. The van der Waals surface area contributed by atoms with Crippen LogP contribution in [0, 0.1) is 0 Å². The van der Waals surface area contributed by atoms with E-state index < -0.39 is 10.0 Å². The maximum Gasteiger partial charge on any atom is 0.255 e. The van der Waals surface area contributed by atoms with Crippen molar-refractivity contribution in [1.29, 1.82) is 0 Å². The fourth-order valence-electron chi connectivity index (χ4n) is 3.43. The maximum atomic E-state index is 13.1. The summed E-state index contributed by atoms with van der Waals surface area (Å²) in [7, 11) is -3.78. The largest absolute Gasteiger partial charge is 0.321 e. The standard InChI is InChI=1S/C23H31ClN2O3S/c1-7-26(8-2)30(28,29)21-14-17(12-13-20(21)24)23(27)25-22-18(15(3)4)10-9-11-19(22)16(5)6/h9-16H,7-8H2,1-6H3,(H,25,27). The molecule has 0 atom stereocenters. The van der Waals surface area contributed by atoms with Gasteiger partial charge in [0.15, 0.2) is 0 Å². The van der Waals surface area contributed by atoms with E-state index in [0.717, 1.165) is 16.8 Å². The molecule has 164 valence electrons. The first-order chi connectivity index (χ1) is 14.0. The van der Waals surface area contributed by atoms with E-state index in [1.165, 1.54) is 16.4 Å². The Morgan fingerprint density at radius 1 is 1.00 bits per heavy atom. The third kappa shape index (κ3) is 5.05. The molecule has 0 fully saturated rings. The van der Waals surface area contributed by atoms with Gasteiger partial charge in [-0.15, -0.1) is 0 Å². The number of benzene rings is 2. The van der Waals surface area contributed by atoms with Gasteiger partial charge in [-0.25, -0.2) is 8.42 Å². The van der Waals surface area contributed by atoms with E-state index in [9.17, 15) is 13.2 Å². The highest BCUT2D eigenvalue weighted by atomic mass is 35.5. The molecule has 0 heterocycles. The highest BCUT2D eigenvalue weighted by Gasteiger charge is 2.26. The van der Waals surface area contributed by atoms with Gasteiger partial charge >= 0.3 is 0 Å². The number of nitrogens with zero attached hydrogens (tertiary/aromatic N) is 1. The van der Waals surface area contributed by atoms with Gasteiger partial charge in [0.2, 0.25) is 10.0 Å². The van der Waals surface area contributed by atoms with Crippen LogP contribution in [0.15, 0.2) is 41.3 Å². The molecule has 0 unspecified atom stereocenters. The van der Waals surface area contributed by atoms with Gasteiger partial charge in [-0.05, 0) is 41.2 Å². The molecule has 0 saturated carbocycles. The number of sulfonamides is 1. The van der Waals surface area contributed by atoms with Crippen molar-refractivity contribution in [3.05, 3.63) is 58.1 Å². The molecule has 0 aliphatic carbocycles. The maximum absolute atomic E-state index is 13.1. The second kappa shape index (κ2) is 9.94. The van der Waals surface area contributed by atoms with Crippen LogP contribution >= 0.6 is 11.6 Å². The fourth-order valence-corrected chi connectivity index (χ4v) is 5.38. The zero-order chi connectivity index (χ0) is 22.6. The number of para-hydroxylation sites is 1. The van der Waals surface area contributed by atoms with Gasteiger partial charge in [0.05, 0.1) is 5.02 Å². The van der Waals surface area contributed by atoms with Gasteiger partial charge in [-0.1, -0.05) is 71.3 Å². The van der Waals surface area contributed by atoms with Crippen LogP contribution in [0.5, 0.6) is 0 Å². The number of rotatable bonds is 8. The number of carbonyl (C=O) groups is 1. The number of nitrogens with one attached hydrogen (secondary N) is 1. The Labute approximate surface area is 185 Å². The molecule has 0 spiro atoms. The number of amides is 1. The van der Waals surface area contributed by atoms with Crippen LogP contribution in [0.4, 0.5) is 5.69 Å². The summed E-state index contributed by atoms with van der Waals surface area (Å²) in [6.07, 6.45) is 0. The minimum absolute atomic E-state index is 0.0539. The highest BCUT2D eigenvalue weighted by molar-refractivity contribution is 7.89. The first kappa shape index (κ1) is 24.4. The Balaban J connectivity index is 2.50. The average molecular weight is 451 g/mol. The van der Waals surface area contributed by atoms with Crippen LogP contribution < -0.4 is 5.32 Å². The molecule has 30 heavy (non-hydrogen) atoms. The zero-order valence-electron chi connectivity index (χ0n) is 18.5. The molecule has 1 N–H and O–H groups in total. The van der Waals surface area contributed by atoms with Crippen molar-refractivity contribution in [2.45, 2.75) is 58.3 Å². The Kier molecular flexibility index (Phi) is 8.08. The highest BCUT2D eigenvalue weighted by Crippen LogP contribution is 2.33. The lowest BCUT2D eigenvalue weighted by molar-refractivity contribution is 0.102. The minimum atomic E-state index is -3.78. The topological polar surface area (TPSA) is 66.5 Å². The van der Waals surface area contributed by atoms with Gasteiger partial charge in [-0.3, -0.25) is 4.79 Å². The molecule has 0 saturated heterocycles. The molecular formula is C23H31ClN2O3S. The first-order valence-electron chi connectivity index (χ1n) is 10.3. The normalized spacial score (nSPS) is 12.1. The number of hydrogen-bond acceptors (Lipinski definition) is 3. The van der Waals surface area contributed by atoms with Crippen LogP contribution in [-0.2, 0) is 10.0 Å². The van der Waals surface area contributed by atoms with E-state index in [2.05, 4.69) is 33.0 Å². The Morgan fingerprint density at radius 3 is 2.00 bits per heavy atom. The molecule has 0 radical (unpaired) electrons. The van der Waals surface area contributed by atoms with Crippen LogP contribution in [0.3, 0.4) is 0 Å². The van der Waals surface area contributed by atoms with E-state index >= 15 is 0 Å². The summed E-state index contributed by atoms with van der Waals surface area (Å²) in [5.41, 5.74) is 3.12. The zero-order valence-corrected chi connectivity index (χ0v) is 20.1. The summed E-state index contributed by atoms with van der Waals surface area (Å²) in [5.74, 6) is 0.0864. The van der Waals surface area contributed by atoms with Crippen molar-refractivity contribution >= 4 is 33.2 Å². The molecule has 0 aliphatic rings. The smallest absolute Gasteiger partial charge is 0.255 e. The lowest BCUT2D eigenvalue weighted by atomic mass is 9.92. The molecular weight excluding hydrogens is 420 g/mol. The second-order valence-corrected chi connectivity index (χ2v) is 10.1. The molecule has 0 bridgehead atoms. The molecule has 0 aromatic heterocycles. The van der Waals surface area contributed by atoms with Gasteiger partial charge < -0.3 is 5.32 Å². The summed E-state index contributed by atoms with van der Waals surface area (Å²) in [6.45, 7) is 12.5. The van der Waals surface area contributed by atoms with E-state index in [1.807, 2.05) is 18.2 Å². The lowest BCUT2D eigenvalue weighted by Gasteiger charge is -2.21. The van der Waals surface area contributed by atoms with Crippen LogP contribution in [-0.4, -0.2) is 31.7 Å². The summed E-state index contributed by atoms with van der Waals surface area (Å²) in [5, 5.41) is 3.12. The quantitative estimate of drug-likeness (QED) is 0.546. The third-order valence-corrected chi connectivity index (χ3v) is 7.66. The van der Waals surface area contributed by atoms with Crippen molar-refractivity contribution in [3.63, 3.8) is 0 Å². The van der Waals surface area contributed by atoms with Gasteiger partial charge in [0.1, 0.15) is 4.90 Å². The molecule has 2 aromatic rings. The van der Waals surface area contributed by atoms with Gasteiger partial charge in [-0.2, -0.15) is 4.31 Å². The lowest BCUT2D eigenvalue weighted by Crippen LogP contribution is -2.31. The fraction of sp³-hybridized carbons (Fsp3) is 0.435. The van der Waals surface area contributed by atoms with E-state index in [0.29, 0.717) is 13.1 Å². The predicted octanol–water partition coefficient (Wildman–Crippen LogP) is 5.87. The minimum Gasteiger partial charge on any atom is -0.321 e. The number of halogens is 1. The molecule has 2 rings (SSSR count). The van der Waals surface area contributed by atoms with Crippen molar-refractivity contribution in [2.24, 2.45) is 0 Å². The van der Waals surface area contributed by atoms with Gasteiger partial charge in [0, 0.05) is 24.3 Å². The molecule has 0 aliphatic heterocycles. The third-order valence-electron chi connectivity index (χ3n) is 5.13. The molecule has 7 heteroatoms. The number of hydrogen-bond donors (Lipinski definition) is 1. The number of carbonyl (C=O) groups excluding carboxylic acids is 1. The van der Waals surface area contributed by atoms with Crippen molar-refractivity contribution < 1.29 is 13.2 Å². The van der Waals surface area contributed by atoms with Crippen LogP contribution in [0.2, 0.25) is 5.02 Å². The summed E-state index contributed by atoms with van der Waals surface area (Å²) in [4.78, 5) is 13.0. The average Bonchev–Trinajstić information content (AvgIpc) is 2.68. The predicted molar refractivity (Wildman–Crippen MR) is 124 cm³/mol. The molecule has 5 nitrogen and oxygen atoms in total. The van der Waals surface area contributed by atoms with Crippen LogP contribution in [0.1, 0.15) is 74.9 Å². The van der Waals surface area contributed by atoms with E-state index in [-0.39, 0.29) is 33.2 Å². The second-order valence-electron chi connectivity index (χ2n) is 7.81. The Morgan fingerprint density at radius 2 is 1.53 bits per heavy atom. The number of anilines is 1. The molecule has 2 aromatic carbocycles. The van der Waals surface area contributed by atoms with Crippen molar-refractivity contribution in [1.82, 2.24) is 4.31 Å². The molecule has 1 amide bonds. The van der Waals surface area contributed by atoms with Gasteiger partial charge in [0.25, 0.3) is 5.91 Å². The monoisotopic (exact) mass is 450 g/mol.